The highest BCUT2D eigenvalue weighted by Gasteiger charge is 2.49. The number of rotatable bonds is 3. The van der Waals surface area contributed by atoms with Crippen LogP contribution in [0, 0.1) is 11.8 Å². The van der Waals surface area contributed by atoms with Gasteiger partial charge in [-0.1, -0.05) is 30.2 Å². The molecule has 4 aliphatic rings. The molecule has 0 spiro atoms. The van der Waals surface area contributed by atoms with E-state index in [9.17, 15) is 18.3 Å². The number of nitrogens with zero attached hydrogens (tertiary/aromatic N) is 2. The Morgan fingerprint density at radius 3 is 2.76 bits per heavy atom. The van der Waals surface area contributed by atoms with Crippen molar-refractivity contribution in [2.45, 2.75) is 55.5 Å². The van der Waals surface area contributed by atoms with E-state index in [2.05, 4.69) is 11.0 Å². The molecule has 0 unspecified atom stereocenters. The van der Waals surface area contributed by atoms with E-state index in [1.807, 2.05) is 0 Å². The third-order valence-electron chi connectivity index (χ3n) is 7.32. The molecule has 5 rings (SSSR count). The van der Waals surface area contributed by atoms with Crippen LogP contribution in [0.2, 0.25) is 0 Å². The second kappa shape index (κ2) is 7.22. The number of carboxylic acids is 1. The van der Waals surface area contributed by atoms with Gasteiger partial charge in [-0.15, -0.1) is 0 Å². The van der Waals surface area contributed by atoms with Crippen LogP contribution in [0.15, 0.2) is 40.8 Å². The minimum atomic E-state index is -3.88. The molecular formula is C22H28N2O4S. The van der Waals surface area contributed by atoms with E-state index in [0.717, 1.165) is 32.4 Å². The second-order valence-electron chi connectivity index (χ2n) is 8.92. The van der Waals surface area contributed by atoms with Gasteiger partial charge in [0.25, 0.3) is 0 Å². The Bertz CT molecular complexity index is 957. The van der Waals surface area contributed by atoms with Crippen LogP contribution < -0.4 is 0 Å². The molecule has 6 nitrogen and oxygen atoms in total. The fourth-order valence-corrected chi connectivity index (χ4v) is 8.10. The van der Waals surface area contributed by atoms with E-state index in [-0.39, 0.29) is 16.5 Å². The maximum Gasteiger partial charge on any atom is 0.337 e. The first kappa shape index (κ1) is 19.3. The summed E-state index contributed by atoms with van der Waals surface area (Å²) >= 11 is 0. The van der Waals surface area contributed by atoms with Gasteiger partial charge in [-0.2, -0.15) is 4.31 Å². The summed E-state index contributed by atoms with van der Waals surface area (Å²) in [5.41, 5.74) is 1.12. The lowest BCUT2D eigenvalue weighted by Gasteiger charge is -2.54. The topological polar surface area (TPSA) is 77.9 Å². The van der Waals surface area contributed by atoms with Gasteiger partial charge in [0.1, 0.15) is 0 Å². The van der Waals surface area contributed by atoms with Gasteiger partial charge in [0.2, 0.25) is 10.0 Å². The van der Waals surface area contributed by atoms with Crippen molar-refractivity contribution in [1.29, 1.82) is 0 Å². The number of sulfonamides is 1. The third-order valence-corrected chi connectivity index (χ3v) is 9.25. The van der Waals surface area contributed by atoms with Crippen LogP contribution in [0.3, 0.4) is 0 Å². The summed E-state index contributed by atoms with van der Waals surface area (Å²) in [6, 6.07) is 6.49. The van der Waals surface area contributed by atoms with E-state index in [1.54, 1.807) is 16.4 Å². The summed E-state index contributed by atoms with van der Waals surface area (Å²) in [7, 11) is -3.88. The molecule has 4 atom stereocenters. The van der Waals surface area contributed by atoms with Crippen LogP contribution in [-0.2, 0) is 10.0 Å². The van der Waals surface area contributed by atoms with Crippen molar-refractivity contribution in [3.8, 4) is 0 Å². The zero-order chi connectivity index (χ0) is 20.2. The van der Waals surface area contributed by atoms with Crippen LogP contribution in [0.4, 0.5) is 0 Å². The molecule has 2 bridgehead atoms. The number of fused-ring (bicyclic) bond motifs is 6. The molecule has 29 heavy (non-hydrogen) atoms. The van der Waals surface area contributed by atoms with Crippen molar-refractivity contribution in [1.82, 2.24) is 9.21 Å². The smallest absolute Gasteiger partial charge is 0.337 e. The fourth-order valence-electron chi connectivity index (χ4n) is 6.19. The van der Waals surface area contributed by atoms with Crippen LogP contribution in [0.5, 0.6) is 0 Å². The van der Waals surface area contributed by atoms with Gasteiger partial charge in [-0.3, -0.25) is 4.90 Å². The monoisotopic (exact) mass is 416 g/mol. The highest BCUT2D eigenvalue weighted by Crippen LogP contribution is 2.46. The Hall–Kier alpha value is -1.70. The van der Waals surface area contributed by atoms with E-state index in [1.165, 1.54) is 37.0 Å². The second-order valence-corrected chi connectivity index (χ2v) is 10.8. The highest BCUT2D eigenvalue weighted by molar-refractivity contribution is 7.89. The van der Waals surface area contributed by atoms with Crippen LogP contribution in [0.1, 0.15) is 48.9 Å². The van der Waals surface area contributed by atoms with Crippen molar-refractivity contribution >= 4 is 16.0 Å². The average molecular weight is 417 g/mol. The third kappa shape index (κ3) is 3.14. The summed E-state index contributed by atoms with van der Waals surface area (Å²) in [6.45, 7) is 2.53. The van der Waals surface area contributed by atoms with Crippen molar-refractivity contribution < 1.29 is 18.3 Å². The van der Waals surface area contributed by atoms with Crippen LogP contribution >= 0.6 is 0 Å². The van der Waals surface area contributed by atoms with Crippen molar-refractivity contribution in [3.05, 3.63) is 41.5 Å². The molecule has 0 aromatic heterocycles. The molecular weight excluding hydrogens is 388 g/mol. The molecule has 1 aromatic carbocycles. The number of hydrogen-bond donors (Lipinski definition) is 1. The predicted octanol–water partition coefficient (Wildman–Crippen LogP) is 2.97. The highest BCUT2D eigenvalue weighted by atomic mass is 32.2. The molecule has 1 aromatic rings. The van der Waals surface area contributed by atoms with E-state index >= 15 is 0 Å². The molecule has 7 heteroatoms. The van der Waals surface area contributed by atoms with Gasteiger partial charge < -0.3 is 5.11 Å². The number of carbonyl (C=O) groups is 1. The Balaban J connectivity index is 1.54. The summed E-state index contributed by atoms with van der Waals surface area (Å²) in [6.07, 6.45) is 8.95. The summed E-state index contributed by atoms with van der Waals surface area (Å²) in [4.78, 5) is 14.2. The number of aromatic carboxylic acids is 1. The molecule has 156 valence electrons. The zero-order valence-corrected chi connectivity index (χ0v) is 17.4. The maximum absolute atomic E-state index is 13.6. The molecule has 3 aliphatic heterocycles. The van der Waals surface area contributed by atoms with Crippen molar-refractivity contribution in [2.75, 3.05) is 19.6 Å². The lowest BCUT2D eigenvalue weighted by atomic mass is 9.68. The van der Waals surface area contributed by atoms with Gasteiger partial charge in [-0.05, 0) is 62.6 Å². The van der Waals surface area contributed by atoms with Crippen molar-refractivity contribution in [3.63, 3.8) is 0 Å². The Labute approximate surface area is 172 Å². The van der Waals surface area contributed by atoms with E-state index in [4.69, 9.17) is 0 Å². The number of piperidine rings is 3. The first-order chi connectivity index (χ1) is 14.0. The number of carboxylic acid groups (broad SMARTS) is 1. The zero-order valence-electron chi connectivity index (χ0n) is 16.5. The van der Waals surface area contributed by atoms with Gasteiger partial charge in [-0.25, -0.2) is 13.2 Å². The Morgan fingerprint density at radius 2 is 1.93 bits per heavy atom. The van der Waals surface area contributed by atoms with E-state index < -0.39 is 16.0 Å². The van der Waals surface area contributed by atoms with Crippen molar-refractivity contribution in [2.24, 2.45) is 11.8 Å². The molecule has 1 N–H and O–H groups in total. The number of hydrogen-bond acceptors (Lipinski definition) is 4. The Morgan fingerprint density at radius 1 is 1.10 bits per heavy atom. The van der Waals surface area contributed by atoms with E-state index in [0.29, 0.717) is 24.4 Å². The SMILES string of the molecule is O=C(O)c1ccccc1S(=O)(=O)N1CCCC2=C[C@H]3C[C@H](CN4CCCC[C@H]34)[C@@H]21. The molecule has 3 saturated heterocycles. The minimum absolute atomic E-state index is 0.0810. The molecule has 3 fully saturated rings. The summed E-state index contributed by atoms with van der Waals surface area (Å²) in [5.74, 6) is -0.370. The van der Waals surface area contributed by atoms with Gasteiger partial charge in [0, 0.05) is 19.1 Å². The first-order valence-electron chi connectivity index (χ1n) is 10.8. The maximum atomic E-state index is 13.6. The largest absolute Gasteiger partial charge is 0.478 e. The fraction of sp³-hybridized carbons (Fsp3) is 0.591. The molecule has 0 amide bonds. The van der Waals surface area contributed by atoms with Crippen LogP contribution in [-0.4, -0.2) is 60.4 Å². The van der Waals surface area contributed by atoms with Gasteiger partial charge in [0.15, 0.2) is 0 Å². The quantitative estimate of drug-likeness (QED) is 0.767. The molecule has 0 radical (unpaired) electrons. The normalized spacial score (nSPS) is 32.8. The summed E-state index contributed by atoms with van der Waals surface area (Å²) < 4.78 is 28.9. The predicted molar refractivity (Wildman–Crippen MR) is 109 cm³/mol. The number of benzene rings is 1. The van der Waals surface area contributed by atoms with Crippen LogP contribution in [0.25, 0.3) is 0 Å². The first-order valence-corrected chi connectivity index (χ1v) is 12.2. The minimum Gasteiger partial charge on any atom is -0.478 e. The van der Waals surface area contributed by atoms with Gasteiger partial charge in [0.05, 0.1) is 16.5 Å². The average Bonchev–Trinajstić information content (AvgIpc) is 2.73. The Kier molecular flexibility index (Phi) is 4.80. The lowest BCUT2D eigenvalue weighted by molar-refractivity contribution is 0.0149. The standard InChI is InChI=1S/C22H28N2O4S/c25-22(26)18-7-1-2-9-20(18)29(27,28)24-11-5-6-15-12-16-13-17(21(15)24)14-23-10-4-3-8-19(16)23/h1-2,7,9,12,16-17,19,21H,3-6,8,10-11,13-14H2,(H,25,26)/t16-,17+,19+,21+/m0/s1. The van der Waals surface area contributed by atoms with Gasteiger partial charge >= 0.3 is 5.97 Å². The summed E-state index contributed by atoms with van der Waals surface area (Å²) in [5, 5.41) is 9.53. The molecule has 1 aliphatic carbocycles. The lowest BCUT2D eigenvalue weighted by Crippen LogP contribution is -2.60. The molecule has 0 saturated carbocycles. The molecule has 3 heterocycles.